The van der Waals surface area contributed by atoms with E-state index in [1.807, 2.05) is 67.6 Å². The van der Waals surface area contributed by atoms with Crippen LogP contribution < -0.4 is 14.4 Å². The summed E-state index contributed by atoms with van der Waals surface area (Å²) in [6.45, 7) is 2.56. The molecular formula is C31H27NO5. The lowest BCUT2D eigenvalue weighted by Crippen LogP contribution is -2.29. The molecule has 1 unspecified atom stereocenters. The van der Waals surface area contributed by atoms with Crippen LogP contribution in [0.2, 0.25) is 0 Å². The van der Waals surface area contributed by atoms with Crippen molar-refractivity contribution in [3.8, 4) is 11.5 Å². The summed E-state index contributed by atoms with van der Waals surface area (Å²) in [5.41, 5.74) is 1.70. The van der Waals surface area contributed by atoms with Crippen LogP contribution in [-0.4, -0.2) is 30.5 Å². The molecule has 1 aliphatic heterocycles. The number of aliphatic hydroxyl groups is 1. The number of Topliss-reactive ketones (excluding diaryl/α,β-unsaturated/α-hetero) is 1. The number of carbonyl (C=O) groups is 2. The molecule has 0 spiro atoms. The van der Waals surface area contributed by atoms with E-state index in [9.17, 15) is 14.7 Å². The second-order valence-corrected chi connectivity index (χ2v) is 8.81. The van der Waals surface area contributed by atoms with E-state index < -0.39 is 17.7 Å². The fourth-order valence-electron chi connectivity index (χ4n) is 4.73. The van der Waals surface area contributed by atoms with Crippen molar-refractivity contribution in [1.29, 1.82) is 0 Å². The molecule has 5 rings (SSSR count). The van der Waals surface area contributed by atoms with Gasteiger partial charge in [-0.05, 0) is 59.2 Å². The number of fused-ring (bicyclic) bond motifs is 1. The van der Waals surface area contributed by atoms with E-state index in [1.54, 1.807) is 37.4 Å². The Hall–Kier alpha value is -4.58. The number of aliphatic hydroxyl groups excluding tert-OH is 1. The molecule has 1 aliphatic rings. The number of carbonyl (C=O) groups excluding carboxylic acids is 2. The van der Waals surface area contributed by atoms with Crippen molar-refractivity contribution in [2.45, 2.75) is 19.4 Å². The second kappa shape index (κ2) is 10.2. The first-order chi connectivity index (χ1) is 18.0. The van der Waals surface area contributed by atoms with Gasteiger partial charge in [-0.1, -0.05) is 61.5 Å². The van der Waals surface area contributed by atoms with E-state index in [4.69, 9.17) is 9.47 Å². The number of ketones is 1. The third kappa shape index (κ3) is 4.42. The van der Waals surface area contributed by atoms with Crippen LogP contribution in [0.1, 0.15) is 30.5 Å². The van der Waals surface area contributed by atoms with Gasteiger partial charge >= 0.3 is 0 Å². The van der Waals surface area contributed by atoms with Gasteiger partial charge in [-0.15, -0.1) is 0 Å². The van der Waals surface area contributed by atoms with Crippen LogP contribution in [0.3, 0.4) is 0 Å². The Morgan fingerprint density at radius 2 is 1.62 bits per heavy atom. The van der Waals surface area contributed by atoms with Gasteiger partial charge in [0.1, 0.15) is 17.3 Å². The highest BCUT2D eigenvalue weighted by molar-refractivity contribution is 6.51. The Balaban J connectivity index is 1.73. The van der Waals surface area contributed by atoms with E-state index >= 15 is 0 Å². The Labute approximate surface area is 215 Å². The standard InChI is InChI=1S/C31H27NO5/c1-3-18-37-24-11-6-10-21(19-24)28-27(29(33)26-13-7-9-20-8-4-5-12-25(20)26)30(34)31(35)32(28)22-14-16-23(36-2)17-15-22/h4-17,19,28,33H,3,18H2,1-2H3/b29-27-. The largest absolute Gasteiger partial charge is 0.507 e. The number of nitrogens with zero attached hydrogens (tertiary/aromatic N) is 1. The molecule has 4 aromatic rings. The quantitative estimate of drug-likeness (QED) is 0.187. The van der Waals surface area contributed by atoms with Crippen LogP contribution in [0.4, 0.5) is 5.69 Å². The molecule has 1 amide bonds. The van der Waals surface area contributed by atoms with Gasteiger partial charge < -0.3 is 14.6 Å². The zero-order valence-electron chi connectivity index (χ0n) is 20.7. The molecule has 0 aromatic heterocycles. The van der Waals surface area contributed by atoms with Crippen molar-refractivity contribution < 1.29 is 24.2 Å². The van der Waals surface area contributed by atoms with Crippen LogP contribution in [-0.2, 0) is 9.59 Å². The molecule has 4 aromatic carbocycles. The van der Waals surface area contributed by atoms with Gasteiger partial charge in [0.05, 0.1) is 25.3 Å². The number of hydrogen-bond donors (Lipinski definition) is 1. The molecule has 0 radical (unpaired) electrons. The van der Waals surface area contributed by atoms with E-state index in [1.165, 1.54) is 4.90 Å². The Morgan fingerprint density at radius 1 is 0.892 bits per heavy atom. The van der Waals surface area contributed by atoms with Crippen LogP contribution >= 0.6 is 0 Å². The lowest BCUT2D eigenvalue weighted by Gasteiger charge is -2.26. The number of ether oxygens (including phenoxy) is 2. The number of amides is 1. The first kappa shape index (κ1) is 24.1. The highest BCUT2D eigenvalue weighted by Crippen LogP contribution is 2.43. The Kier molecular flexibility index (Phi) is 6.64. The minimum absolute atomic E-state index is 0.0322. The number of benzene rings is 4. The zero-order chi connectivity index (χ0) is 25.9. The summed E-state index contributed by atoms with van der Waals surface area (Å²) in [5.74, 6) is -0.411. The number of anilines is 1. The first-order valence-electron chi connectivity index (χ1n) is 12.2. The minimum Gasteiger partial charge on any atom is -0.507 e. The fraction of sp³-hybridized carbons (Fsp3) is 0.161. The van der Waals surface area contributed by atoms with Crippen LogP contribution in [0.15, 0.2) is 96.6 Å². The van der Waals surface area contributed by atoms with Crippen molar-refractivity contribution in [1.82, 2.24) is 0 Å². The average Bonchev–Trinajstić information content (AvgIpc) is 3.21. The third-order valence-electron chi connectivity index (χ3n) is 6.49. The predicted octanol–water partition coefficient (Wildman–Crippen LogP) is 6.26. The molecular weight excluding hydrogens is 466 g/mol. The summed E-state index contributed by atoms with van der Waals surface area (Å²) in [7, 11) is 1.56. The van der Waals surface area contributed by atoms with E-state index in [-0.39, 0.29) is 11.3 Å². The number of hydrogen-bond acceptors (Lipinski definition) is 5. The third-order valence-corrected chi connectivity index (χ3v) is 6.49. The maximum Gasteiger partial charge on any atom is 0.300 e. The van der Waals surface area contributed by atoms with Gasteiger partial charge in [-0.25, -0.2) is 0 Å². The molecule has 0 saturated carbocycles. The van der Waals surface area contributed by atoms with Gasteiger partial charge in [0, 0.05) is 11.3 Å². The average molecular weight is 494 g/mol. The molecule has 6 heteroatoms. The summed E-state index contributed by atoms with van der Waals surface area (Å²) in [5, 5.41) is 13.3. The van der Waals surface area contributed by atoms with Crippen LogP contribution in [0.5, 0.6) is 11.5 Å². The maximum atomic E-state index is 13.5. The molecule has 1 fully saturated rings. The fourth-order valence-corrected chi connectivity index (χ4v) is 4.73. The summed E-state index contributed by atoms with van der Waals surface area (Å²) < 4.78 is 11.1. The van der Waals surface area contributed by atoms with Gasteiger partial charge in [0.15, 0.2) is 0 Å². The van der Waals surface area contributed by atoms with Crippen molar-refractivity contribution in [2.75, 3.05) is 18.6 Å². The SMILES string of the molecule is CCCOc1cccc(C2/C(=C(/O)c3cccc4ccccc34)C(=O)C(=O)N2c2ccc(OC)cc2)c1. The van der Waals surface area contributed by atoms with E-state index in [0.717, 1.165) is 17.2 Å². The van der Waals surface area contributed by atoms with Crippen LogP contribution in [0.25, 0.3) is 16.5 Å². The monoisotopic (exact) mass is 493 g/mol. The first-order valence-corrected chi connectivity index (χ1v) is 12.2. The topological polar surface area (TPSA) is 76.1 Å². The summed E-state index contributed by atoms with van der Waals surface area (Å²) in [4.78, 5) is 28.4. The highest BCUT2D eigenvalue weighted by atomic mass is 16.5. The number of methoxy groups -OCH3 is 1. The van der Waals surface area contributed by atoms with E-state index in [2.05, 4.69) is 0 Å². The lowest BCUT2D eigenvalue weighted by molar-refractivity contribution is -0.132. The molecule has 1 atom stereocenters. The summed E-state index contributed by atoms with van der Waals surface area (Å²) >= 11 is 0. The second-order valence-electron chi connectivity index (χ2n) is 8.81. The van der Waals surface area contributed by atoms with Gasteiger partial charge in [0.25, 0.3) is 11.7 Å². The van der Waals surface area contributed by atoms with E-state index in [0.29, 0.717) is 34.9 Å². The Morgan fingerprint density at radius 3 is 2.38 bits per heavy atom. The van der Waals surface area contributed by atoms with Gasteiger partial charge in [-0.2, -0.15) is 0 Å². The predicted molar refractivity (Wildman–Crippen MR) is 144 cm³/mol. The zero-order valence-corrected chi connectivity index (χ0v) is 20.7. The molecule has 186 valence electrons. The maximum absolute atomic E-state index is 13.5. The van der Waals surface area contributed by atoms with Gasteiger partial charge in [-0.3, -0.25) is 14.5 Å². The summed E-state index contributed by atoms with van der Waals surface area (Å²) in [6.07, 6.45) is 0.843. The van der Waals surface area contributed by atoms with Crippen molar-refractivity contribution in [3.63, 3.8) is 0 Å². The van der Waals surface area contributed by atoms with Gasteiger partial charge in [0.2, 0.25) is 0 Å². The molecule has 0 bridgehead atoms. The molecule has 0 aliphatic carbocycles. The lowest BCUT2D eigenvalue weighted by atomic mass is 9.93. The van der Waals surface area contributed by atoms with Crippen molar-refractivity contribution in [2.24, 2.45) is 0 Å². The van der Waals surface area contributed by atoms with Crippen molar-refractivity contribution >= 4 is 33.9 Å². The molecule has 1 saturated heterocycles. The normalized spacial score (nSPS) is 16.8. The molecule has 37 heavy (non-hydrogen) atoms. The smallest absolute Gasteiger partial charge is 0.300 e. The highest BCUT2D eigenvalue weighted by Gasteiger charge is 2.47. The Bertz CT molecular complexity index is 1500. The molecule has 1 heterocycles. The molecule has 6 nitrogen and oxygen atoms in total. The molecule has 1 N–H and O–H groups in total. The summed E-state index contributed by atoms with van der Waals surface area (Å²) in [6, 6.07) is 26.5. The van der Waals surface area contributed by atoms with Crippen LogP contribution in [0, 0.1) is 0 Å². The minimum atomic E-state index is -0.850. The van der Waals surface area contributed by atoms with Crippen molar-refractivity contribution in [3.05, 3.63) is 108 Å². The number of rotatable bonds is 7.